The number of thioether (sulfide) groups is 1. The molecule has 0 saturated heterocycles. The first-order valence-corrected chi connectivity index (χ1v) is 13.8. The molecule has 5 rings (SSSR count). The Morgan fingerprint density at radius 2 is 1.93 bits per heavy atom. The molecule has 10 nitrogen and oxygen atoms in total. The van der Waals surface area contributed by atoms with Gasteiger partial charge >= 0.3 is 0 Å². The minimum Gasteiger partial charge on any atom is -0.390 e. The first-order chi connectivity index (χ1) is 18.8. The van der Waals surface area contributed by atoms with Gasteiger partial charge in [0.15, 0.2) is 5.72 Å². The van der Waals surface area contributed by atoms with Gasteiger partial charge < -0.3 is 36.6 Å². The van der Waals surface area contributed by atoms with Crippen LogP contribution in [0.25, 0.3) is 0 Å². The van der Waals surface area contributed by atoms with E-state index in [1.54, 1.807) is 27.0 Å². The zero-order valence-electron chi connectivity index (χ0n) is 22.6. The molecule has 1 saturated carbocycles. The number of benzene rings is 1. The van der Waals surface area contributed by atoms with Gasteiger partial charge in [-0.3, -0.25) is 0 Å². The largest absolute Gasteiger partial charge is 0.390 e. The maximum Gasteiger partial charge on any atom is 0.225 e. The van der Waals surface area contributed by atoms with Crippen LogP contribution in [0.4, 0.5) is 32.1 Å². The predicted octanol–water partition coefficient (Wildman–Crippen LogP) is 3.54. The average molecular weight is 574 g/mol. The number of aromatic nitrogens is 3. The van der Waals surface area contributed by atoms with Crippen LogP contribution in [0.1, 0.15) is 48.9 Å². The molecular weight excluding hydrogens is 540 g/mol. The van der Waals surface area contributed by atoms with Crippen molar-refractivity contribution in [3.05, 3.63) is 58.9 Å². The lowest BCUT2D eigenvalue weighted by Crippen LogP contribution is -2.51. The van der Waals surface area contributed by atoms with Crippen molar-refractivity contribution in [2.24, 2.45) is 5.92 Å². The van der Waals surface area contributed by atoms with Gasteiger partial charge in [0.1, 0.15) is 34.7 Å². The number of aliphatic hydroxyl groups is 3. The van der Waals surface area contributed by atoms with E-state index in [2.05, 4.69) is 25.6 Å². The highest BCUT2D eigenvalue weighted by Crippen LogP contribution is 2.54. The van der Waals surface area contributed by atoms with Crippen LogP contribution in [0.3, 0.4) is 0 Å². The van der Waals surface area contributed by atoms with Crippen LogP contribution < -0.4 is 21.3 Å². The summed E-state index contributed by atoms with van der Waals surface area (Å²) in [5.41, 5.74) is 4.89. The van der Waals surface area contributed by atoms with Gasteiger partial charge in [-0.15, -0.1) is 0 Å². The van der Waals surface area contributed by atoms with E-state index in [0.29, 0.717) is 23.5 Å². The number of halogens is 2. The van der Waals surface area contributed by atoms with Gasteiger partial charge in [0, 0.05) is 41.7 Å². The lowest BCUT2D eigenvalue weighted by atomic mass is 9.87. The molecule has 40 heavy (non-hydrogen) atoms. The smallest absolute Gasteiger partial charge is 0.225 e. The van der Waals surface area contributed by atoms with Crippen molar-refractivity contribution in [1.29, 1.82) is 0 Å². The molecule has 0 spiro atoms. The summed E-state index contributed by atoms with van der Waals surface area (Å²) in [5.74, 6) is -1.32. The lowest BCUT2D eigenvalue weighted by Gasteiger charge is -2.35. The second-order valence-electron chi connectivity index (χ2n) is 10.9. The van der Waals surface area contributed by atoms with Gasteiger partial charge in [0.2, 0.25) is 5.95 Å². The fraction of sp³-hybridized carbons (Fsp3) is 0.444. The van der Waals surface area contributed by atoms with Crippen molar-refractivity contribution in [2.45, 2.75) is 67.9 Å². The van der Waals surface area contributed by atoms with Crippen molar-refractivity contribution in [2.75, 3.05) is 28.3 Å². The summed E-state index contributed by atoms with van der Waals surface area (Å²) < 4.78 is 28.5. The summed E-state index contributed by atoms with van der Waals surface area (Å²) in [6.07, 6.45) is 0.852. The summed E-state index contributed by atoms with van der Waals surface area (Å²) in [7, 11) is 1.86. The number of aliphatic hydroxyl groups excluding tert-OH is 1. The number of nitrogens with zero attached hydrogens (tertiary/aromatic N) is 4. The molecule has 1 aromatic carbocycles. The van der Waals surface area contributed by atoms with Crippen molar-refractivity contribution < 1.29 is 24.1 Å². The number of nitrogens with one attached hydrogen (secondary N) is 2. The SMILES string of the molecule is Cc1nc(NCc2c(F)cccc2F)nc(N[C@]2(O)CC[C@H](C(C)(C)O)[C@H]2O)c1C1Sc2ccnc(N)c2N1C. The molecule has 13 heteroatoms. The third-order valence-corrected chi connectivity index (χ3v) is 9.03. The maximum absolute atomic E-state index is 14.2. The van der Waals surface area contributed by atoms with E-state index in [9.17, 15) is 24.1 Å². The Balaban J connectivity index is 1.53. The minimum absolute atomic E-state index is 0.0749. The molecule has 0 radical (unpaired) electrons. The molecular formula is C27H33F2N7O3S. The number of hydrogen-bond donors (Lipinski definition) is 6. The molecule has 0 amide bonds. The molecule has 3 aromatic rings. The summed E-state index contributed by atoms with van der Waals surface area (Å²) >= 11 is 1.50. The van der Waals surface area contributed by atoms with E-state index in [1.807, 2.05) is 18.0 Å². The molecule has 1 unspecified atom stereocenters. The highest BCUT2D eigenvalue weighted by atomic mass is 32.2. The predicted molar refractivity (Wildman–Crippen MR) is 150 cm³/mol. The van der Waals surface area contributed by atoms with Crippen LogP contribution in [0.2, 0.25) is 0 Å². The third kappa shape index (κ3) is 5.02. The quantitative estimate of drug-likeness (QED) is 0.230. The Hall–Kier alpha value is -3.26. The molecule has 7 N–H and O–H groups in total. The fourth-order valence-corrected chi connectivity index (χ4v) is 6.89. The Labute approximate surface area is 235 Å². The van der Waals surface area contributed by atoms with E-state index in [1.165, 1.54) is 30.0 Å². The number of nitrogens with two attached hydrogens (primary N) is 1. The first-order valence-electron chi connectivity index (χ1n) is 12.9. The van der Waals surface area contributed by atoms with Crippen molar-refractivity contribution in [1.82, 2.24) is 15.0 Å². The number of pyridine rings is 1. The standard InChI is InChI=1S/C27H33F2N7O3S/c1-13-19(24-36(4)20-18(40-24)9-11-31-22(20)30)23(35-27(39)10-8-15(21(27)37)26(2,3)38)34-25(33-13)32-12-14-16(28)6-5-7-17(14)29/h5-7,9,11,15,21,24,37-39H,8,10,12H2,1-4H3,(H2,30,31)(H2,32,33,34,35)/t15-,21+,24?,27-/m0/s1. The van der Waals surface area contributed by atoms with Crippen LogP contribution in [-0.2, 0) is 6.54 Å². The zero-order valence-corrected chi connectivity index (χ0v) is 23.4. The van der Waals surface area contributed by atoms with Gasteiger partial charge in [-0.25, -0.2) is 18.7 Å². The van der Waals surface area contributed by atoms with E-state index in [4.69, 9.17) is 5.73 Å². The zero-order chi connectivity index (χ0) is 29.0. The van der Waals surface area contributed by atoms with Crippen LogP contribution in [-0.4, -0.2) is 54.7 Å². The number of rotatable bonds is 7. The molecule has 1 fully saturated rings. The number of hydrogen-bond acceptors (Lipinski definition) is 11. The lowest BCUT2D eigenvalue weighted by molar-refractivity contribution is -0.0926. The van der Waals surface area contributed by atoms with Crippen LogP contribution >= 0.6 is 11.8 Å². The third-order valence-electron chi connectivity index (χ3n) is 7.68. The summed E-state index contributed by atoms with van der Waals surface area (Å²) in [6, 6.07) is 5.49. The highest BCUT2D eigenvalue weighted by Gasteiger charge is 2.52. The van der Waals surface area contributed by atoms with Gasteiger partial charge in [-0.1, -0.05) is 17.8 Å². The number of anilines is 4. The van der Waals surface area contributed by atoms with Crippen molar-refractivity contribution >= 4 is 35.0 Å². The second-order valence-corrected chi connectivity index (χ2v) is 12.0. The summed E-state index contributed by atoms with van der Waals surface area (Å²) in [4.78, 5) is 16.2. The number of fused-ring (bicyclic) bond motifs is 1. The van der Waals surface area contributed by atoms with Gasteiger partial charge in [0.05, 0.1) is 17.0 Å². The van der Waals surface area contributed by atoms with Gasteiger partial charge in [-0.05, 0) is 51.8 Å². The van der Waals surface area contributed by atoms with Gasteiger partial charge in [0.25, 0.3) is 0 Å². The van der Waals surface area contributed by atoms with Crippen molar-refractivity contribution in [3.63, 3.8) is 0 Å². The summed E-state index contributed by atoms with van der Waals surface area (Å²) in [6.45, 7) is 4.74. The van der Waals surface area contributed by atoms with Crippen LogP contribution in [0.15, 0.2) is 35.4 Å². The van der Waals surface area contributed by atoms with Crippen LogP contribution in [0, 0.1) is 24.5 Å². The molecule has 1 aliphatic heterocycles. The Kier molecular flexibility index (Phi) is 7.27. The molecule has 1 aliphatic carbocycles. The van der Waals surface area contributed by atoms with Gasteiger partial charge in [-0.2, -0.15) is 4.98 Å². The van der Waals surface area contributed by atoms with E-state index in [-0.39, 0.29) is 35.7 Å². The number of aryl methyl sites for hydroxylation is 1. The average Bonchev–Trinajstić information content (AvgIpc) is 3.35. The topological polar surface area (TPSA) is 153 Å². The molecule has 2 aliphatic rings. The van der Waals surface area contributed by atoms with E-state index >= 15 is 0 Å². The first kappa shape index (κ1) is 28.3. The fourth-order valence-electron chi connectivity index (χ4n) is 5.49. The highest BCUT2D eigenvalue weighted by molar-refractivity contribution is 8.00. The van der Waals surface area contributed by atoms with E-state index < -0.39 is 35.0 Å². The molecule has 0 bridgehead atoms. The Bertz CT molecular complexity index is 1420. The second kappa shape index (κ2) is 10.3. The van der Waals surface area contributed by atoms with E-state index in [0.717, 1.165) is 10.6 Å². The van der Waals surface area contributed by atoms with Crippen molar-refractivity contribution in [3.8, 4) is 0 Å². The minimum atomic E-state index is -1.80. The summed E-state index contributed by atoms with van der Waals surface area (Å²) in [5, 5.41) is 38.8. The molecule has 214 valence electrons. The Morgan fingerprint density at radius 1 is 1.23 bits per heavy atom. The number of nitrogen functional groups attached to an aromatic ring is 1. The molecule has 4 atom stereocenters. The normalized spacial score (nSPS) is 24.3. The Morgan fingerprint density at radius 3 is 2.55 bits per heavy atom. The van der Waals surface area contributed by atoms with Crippen LogP contribution in [0.5, 0.6) is 0 Å². The maximum atomic E-state index is 14.2. The molecule has 3 heterocycles. The molecule has 2 aromatic heterocycles. The monoisotopic (exact) mass is 573 g/mol.